The Morgan fingerprint density at radius 1 is 1.38 bits per heavy atom. The van der Waals surface area contributed by atoms with Gasteiger partial charge >= 0.3 is 5.97 Å². The first-order chi connectivity index (χ1) is 10.1. The Hall–Kier alpha value is -1.49. The van der Waals surface area contributed by atoms with Gasteiger partial charge in [0, 0.05) is 0 Å². The summed E-state index contributed by atoms with van der Waals surface area (Å²) >= 11 is 9.64. The van der Waals surface area contributed by atoms with Crippen LogP contribution in [0.3, 0.4) is 0 Å². The van der Waals surface area contributed by atoms with Crippen molar-refractivity contribution in [3.8, 4) is 0 Å². The van der Waals surface area contributed by atoms with Crippen LogP contribution in [0.1, 0.15) is 0 Å². The van der Waals surface area contributed by atoms with E-state index in [-0.39, 0.29) is 5.75 Å². The van der Waals surface area contributed by atoms with Crippen molar-refractivity contribution in [3.05, 3.63) is 17.2 Å². The smallest absolute Gasteiger partial charge is 0.313 e. The molecule has 0 atom stereocenters. The maximum absolute atomic E-state index is 10.5. The van der Waals surface area contributed by atoms with Crippen LogP contribution in [0.4, 0.5) is 10.8 Å². The molecule has 0 radical (unpaired) electrons. The molecular weight excluding hydrogens is 354 g/mol. The van der Waals surface area contributed by atoms with Crippen LogP contribution in [0.15, 0.2) is 16.5 Å². The number of benzene rings is 1. The predicted octanol–water partition coefficient (Wildman–Crippen LogP) is 3.12. The van der Waals surface area contributed by atoms with Crippen molar-refractivity contribution in [3.63, 3.8) is 0 Å². The van der Waals surface area contributed by atoms with E-state index in [2.05, 4.69) is 24.3 Å². The SMILES string of the molecule is O=C(O)CSc1nnc(Nc2c(Cl)ccc3nsnc23)s1. The van der Waals surface area contributed by atoms with Gasteiger partial charge in [0.25, 0.3) is 0 Å². The first-order valence-corrected chi connectivity index (χ1v) is 8.40. The van der Waals surface area contributed by atoms with Gasteiger partial charge in [-0.1, -0.05) is 34.7 Å². The highest BCUT2D eigenvalue weighted by atomic mass is 35.5. The maximum atomic E-state index is 10.5. The summed E-state index contributed by atoms with van der Waals surface area (Å²) < 4.78 is 8.91. The largest absolute Gasteiger partial charge is 0.481 e. The van der Waals surface area contributed by atoms with E-state index < -0.39 is 5.97 Å². The van der Waals surface area contributed by atoms with Gasteiger partial charge in [0.15, 0.2) is 4.34 Å². The van der Waals surface area contributed by atoms with Gasteiger partial charge in [0.1, 0.15) is 11.0 Å². The zero-order chi connectivity index (χ0) is 14.8. The third kappa shape index (κ3) is 3.23. The molecule has 0 saturated heterocycles. The lowest BCUT2D eigenvalue weighted by atomic mass is 10.2. The highest BCUT2D eigenvalue weighted by molar-refractivity contribution is 8.01. The van der Waals surface area contributed by atoms with Crippen LogP contribution in [0.25, 0.3) is 11.0 Å². The van der Waals surface area contributed by atoms with Crippen molar-refractivity contribution in [2.45, 2.75) is 4.34 Å². The molecule has 0 unspecified atom stereocenters. The summed E-state index contributed by atoms with van der Waals surface area (Å²) in [5.74, 6) is -0.952. The summed E-state index contributed by atoms with van der Waals surface area (Å²) in [5.41, 5.74) is 2.04. The lowest BCUT2D eigenvalue weighted by molar-refractivity contribution is -0.133. The molecule has 0 aliphatic rings. The van der Waals surface area contributed by atoms with Gasteiger partial charge in [-0.25, -0.2) is 0 Å². The molecule has 0 aliphatic carbocycles. The fourth-order valence-electron chi connectivity index (χ4n) is 1.49. The van der Waals surface area contributed by atoms with E-state index in [4.69, 9.17) is 16.7 Å². The standard InChI is InChI=1S/C10H6ClN5O2S3/c11-4-1-2-5-8(16-21-15-5)7(4)12-9-13-14-10(20-9)19-3-6(17)18/h1-2H,3H2,(H,12,13)(H,17,18). The number of thioether (sulfide) groups is 1. The number of halogens is 1. The fourth-order valence-corrected chi connectivity index (χ4v) is 3.71. The number of anilines is 2. The van der Waals surface area contributed by atoms with Gasteiger partial charge in [0.05, 0.1) is 28.2 Å². The second kappa shape index (κ2) is 6.10. The Balaban J connectivity index is 1.83. The van der Waals surface area contributed by atoms with Crippen molar-refractivity contribution in [1.82, 2.24) is 18.9 Å². The number of hydrogen-bond donors (Lipinski definition) is 2. The molecule has 0 aliphatic heterocycles. The van der Waals surface area contributed by atoms with Crippen LogP contribution >= 0.6 is 46.4 Å². The van der Waals surface area contributed by atoms with Crippen LogP contribution in [-0.2, 0) is 4.79 Å². The second-order valence-corrected chi connectivity index (χ2v) is 6.87. The van der Waals surface area contributed by atoms with E-state index in [9.17, 15) is 4.79 Å². The molecule has 11 heteroatoms. The average Bonchev–Trinajstić information content (AvgIpc) is 3.08. The Morgan fingerprint density at radius 3 is 3.05 bits per heavy atom. The topological polar surface area (TPSA) is 101 Å². The van der Waals surface area contributed by atoms with Gasteiger partial charge in [-0.05, 0) is 12.1 Å². The van der Waals surface area contributed by atoms with Crippen molar-refractivity contribution in [2.24, 2.45) is 0 Å². The minimum atomic E-state index is -0.897. The molecule has 2 N–H and O–H groups in total. The van der Waals surface area contributed by atoms with E-state index in [0.717, 1.165) is 29.0 Å². The number of carboxylic acids is 1. The van der Waals surface area contributed by atoms with Crippen LogP contribution in [0.5, 0.6) is 0 Å². The summed E-state index contributed by atoms with van der Waals surface area (Å²) in [5, 5.41) is 20.6. The summed E-state index contributed by atoms with van der Waals surface area (Å²) in [4.78, 5) is 10.5. The zero-order valence-electron chi connectivity index (χ0n) is 10.1. The van der Waals surface area contributed by atoms with Gasteiger partial charge < -0.3 is 10.4 Å². The number of hydrogen-bond acceptors (Lipinski definition) is 9. The quantitative estimate of drug-likeness (QED) is 0.670. The fraction of sp³-hybridized carbons (Fsp3) is 0.100. The lowest BCUT2D eigenvalue weighted by Crippen LogP contribution is -1.96. The number of carbonyl (C=O) groups is 1. The van der Waals surface area contributed by atoms with Crippen molar-refractivity contribution in [1.29, 1.82) is 0 Å². The van der Waals surface area contributed by atoms with Crippen LogP contribution in [-0.4, -0.2) is 35.8 Å². The Labute approximate surface area is 135 Å². The number of aliphatic carboxylic acids is 1. The minimum absolute atomic E-state index is 0.0546. The van der Waals surface area contributed by atoms with Gasteiger partial charge in [-0.3, -0.25) is 4.79 Å². The highest BCUT2D eigenvalue weighted by Crippen LogP contribution is 2.34. The van der Waals surface area contributed by atoms with E-state index in [1.807, 2.05) is 0 Å². The number of nitrogens with zero attached hydrogens (tertiary/aromatic N) is 4. The van der Waals surface area contributed by atoms with Crippen molar-refractivity contribution in [2.75, 3.05) is 11.1 Å². The molecule has 0 amide bonds. The Morgan fingerprint density at radius 2 is 2.24 bits per heavy atom. The monoisotopic (exact) mass is 359 g/mol. The third-order valence-electron chi connectivity index (χ3n) is 2.33. The second-order valence-electron chi connectivity index (χ2n) is 3.73. The van der Waals surface area contributed by atoms with Crippen LogP contribution in [0, 0.1) is 0 Å². The molecule has 2 aromatic heterocycles. The Kier molecular flexibility index (Phi) is 4.19. The molecule has 3 rings (SSSR count). The van der Waals surface area contributed by atoms with Gasteiger partial charge in [0.2, 0.25) is 5.13 Å². The summed E-state index contributed by atoms with van der Waals surface area (Å²) in [6, 6.07) is 3.52. The number of fused-ring (bicyclic) bond motifs is 1. The molecule has 2 heterocycles. The summed E-state index contributed by atoms with van der Waals surface area (Å²) in [6.07, 6.45) is 0. The number of aromatic nitrogens is 4. The van der Waals surface area contributed by atoms with Crippen LogP contribution < -0.4 is 5.32 Å². The minimum Gasteiger partial charge on any atom is -0.481 e. The molecule has 108 valence electrons. The van der Waals surface area contributed by atoms with E-state index >= 15 is 0 Å². The van der Waals surface area contributed by atoms with Gasteiger partial charge in [-0.15, -0.1) is 10.2 Å². The molecule has 21 heavy (non-hydrogen) atoms. The first-order valence-electron chi connectivity index (χ1n) is 5.49. The first kappa shape index (κ1) is 14.4. The number of rotatable bonds is 5. The molecule has 7 nitrogen and oxygen atoms in total. The van der Waals surface area contributed by atoms with Crippen molar-refractivity contribution >= 4 is 74.2 Å². The lowest BCUT2D eigenvalue weighted by Gasteiger charge is -2.04. The summed E-state index contributed by atoms with van der Waals surface area (Å²) in [7, 11) is 0. The highest BCUT2D eigenvalue weighted by Gasteiger charge is 2.13. The molecule has 0 bridgehead atoms. The van der Waals surface area contributed by atoms with Crippen molar-refractivity contribution < 1.29 is 9.90 Å². The molecule has 0 spiro atoms. The van der Waals surface area contributed by atoms with Gasteiger partial charge in [-0.2, -0.15) is 8.75 Å². The third-order valence-corrected chi connectivity index (χ3v) is 5.15. The zero-order valence-corrected chi connectivity index (χ0v) is 13.3. The predicted molar refractivity (Wildman–Crippen MR) is 84.0 cm³/mol. The summed E-state index contributed by atoms with van der Waals surface area (Å²) in [6.45, 7) is 0. The molecular formula is C10H6ClN5O2S3. The molecule has 1 aromatic carbocycles. The Bertz CT molecular complexity index is 805. The van der Waals surface area contributed by atoms with E-state index in [0.29, 0.717) is 25.7 Å². The average molecular weight is 360 g/mol. The molecule has 0 fully saturated rings. The normalized spacial score (nSPS) is 10.9. The van der Waals surface area contributed by atoms with E-state index in [1.54, 1.807) is 12.1 Å². The van der Waals surface area contributed by atoms with E-state index in [1.165, 1.54) is 11.3 Å². The molecule has 0 saturated carbocycles. The maximum Gasteiger partial charge on any atom is 0.313 e. The number of carboxylic acid groups (broad SMARTS) is 1. The molecule has 3 aromatic rings. The van der Waals surface area contributed by atoms with Crippen LogP contribution in [0.2, 0.25) is 5.02 Å². The number of nitrogens with one attached hydrogen (secondary N) is 1.